The van der Waals surface area contributed by atoms with E-state index < -0.39 is 0 Å². The summed E-state index contributed by atoms with van der Waals surface area (Å²) < 4.78 is 5.33. The number of rotatable bonds is 5. The molecule has 1 fully saturated rings. The van der Waals surface area contributed by atoms with E-state index in [-0.39, 0.29) is 0 Å². The second-order valence-electron chi connectivity index (χ2n) is 4.39. The van der Waals surface area contributed by atoms with Crippen LogP contribution in [0.4, 0.5) is 0 Å². The summed E-state index contributed by atoms with van der Waals surface area (Å²) in [5, 5.41) is 7.14. The minimum Gasteiger partial charge on any atom is -0.338 e. The molecule has 0 aromatic carbocycles. The number of aryl methyl sites for hydroxylation is 1. The normalized spacial score (nSPS) is 21.8. The maximum Gasteiger partial charge on any atom is 0.243 e. The molecule has 2 rings (SSSR count). The maximum absolute atomic E-state index is 5.33. The van der Waals surface area contributed by atoms with Crippen LogP contribution in [0.2, 0.25) is 0 Å². The first-order valence-corrected chi connectivity index (χ1v) is 5.98. The highest BCUT2D eigenvalue weighted by atomic mass is 16.5. The van der Waals surface area contributed by atoms with Crippen LogP contribution in [0.1, 0.15) is 37.0 Å². The molecular formula is C11H20N4O. The standard InChI is InChI=1S/C11H20N4O/c1-12-7-3-6-10-13-11(16-14-10)9-5-4-8-15(9)2/h9,12H,3-8H2,1-2H3. The molecule has 1 atom stereocenters. The van der Waals surface area contributed by atoms with Crippen molar-refractivity contribution in [3.63, 3.8) is 0 Å². The van der Waals surface area contributed by atoms with Gasteiger partial charge in [-0.15, -0.1) is 0 Å². The van der Waals surface area contributed by atoms with Crippen LogP contribution in [0.15, 0.2) is 4.52 Å². The number of nitrogens with zero attached hydrogens (tertiary/aromatic N) is 3. The van der Waals surface area contributed by atoms with Crippen LogP contribution in [0.25, 0.3) is 0 Å². The van der Waals surface area contributed by atoms with Crippen molar-refractivity contribution in [3.8, 4) is 0 Å². The molecule has 5 nitrogen and oxygen atoms in total. The van der Waals surface area contributed by atoms with Gasteiger partial charge in [0.05, 0.1) is 6.04 Å². The quantitative estimate of drug-likeness (QED) is 0.756. The molecule has 1 aliphatic rings. The topological polar surface area (TPSA) is 54.2 Å². The molecule has 0 bridgehead atoms. The van der Waals surface area contributed by atoms with Gasteiger partial charge in [0, 0.05) is 6.42 Å². The van der Waals surface area contributed by atoms with Gasteiger partial charge in [-0.3, -0.25) is 4.90 Å². The molecular weight excluding hydrogens is 204 g/mol. The largest absolute Gasteiger partial charge is 0.338 e. The lowest BCUT2D eigenvalue weighted by atomic mass is 10.2. The Balaban J connectivity index is 1.91. The summed E-state index contributed by atoms with van der Waals surface area (Å²) >= 11 is 0. The lowest BCUT2D eigenvalue weighted by Gasteiger charge is -2.14. The summed E-state index contributed by atoms with van der Waals surface area (Å²) in [5.74, 6) is 1.63. The molecule has 1 N–H and O–H groups in total. The van der Waals surface area contributed by atoms with Gasteiger partial charge < -0.3 is 9.84 Å². The van der Waals surface area contributed by atoms with Crippen molar-refractivity contribution in [2.75, 3.05) is 27.2 Å². The maximum atomic E-state index is 5.33. The van der Waals surface area contributed by atoms with E-state index in [2.05, 4.69) is 27.4 Å². The Morgan fingerprint density at radius 3 is 3.12 bits per heavy atom. The smallest absolute Gasteiger partial charge is 0.243 e. The number of aromatic nitrogens is 2. The van der Waals surface area contributed by atoms with Crippen molar-refractivity contribution in [1.29, 1.82) is 0 Å². The highest BCUT2D eigenvalue weighted by molar-refractivity contribution is 4.96. The van der Waals surface area contributed by atoms with Gasteiger partial charge in [-0.1, -0.05) is 5.16 Å². The van der Waals surface area contributed by atoms with Crippen LogP contribution in [-0.4, -0.2) is 42.2 Å². The molecule has 0 amide bonds. The van der Waals surface area contributed by atoms with Gasteiger partial charge >= 0.3 is 0 Å². The van der Waals surface area contributed by atoms with Crippen LogP contribution in [0, 0.1) is 0 Å². The first-order valence-electron chi connectivity index (χ1n) is 5.98. The van der Waals surface area contributed by atoms with E-state index in [1.54, 1.807) is 0 Å². The lowest BCUT2D eigenvalue weighted by Crippen LogP contribution is -2.17. The minimum atomic E-state index is 0.338. The zero-order valence-electron chi connectivity index (χ0n) is 10.1. The van der Waals surface area contributed by atoms with E-state index in [9.17, 15) is 0 Å². The van der Waals surface area contributed by atoms with Crippen LogP contribution >= 0.6 is 0 Å². The van der Waals surface area contributed by atoms with Crippen molar-refractivity contribution in [2.24, 2.45) is 0 Å². The highest BCUT2D eigenvalue weighted by Crippen LogP contribution is 2.28. The van der Waals surface area contributed by atoms with Crippen molar-refractivity contribution in [2.45, 2.75) is 31.7 Å². The fourth-order valence-electron chi connectivity index (χ4n) is 2.15. The molecule has 1 unspecified atom stereocenters. The van der Waals surface area contributed by atoms with E-state index in [4.69, 9.17) is 4.52 Å². The molecule has 2 heterocycles. The Hall–Kier alpha value is -0.940. The van der Waals surface area contributed by atoms with Crippen molar-refractivity contribution in [1.82, 2.24) is 20.4 Å². The van der Waals surface area contributed by atoms with Crippen molar-refractivity contribution < 1.29 is 4.52 Å². The molecule has 0 spiro atoms. The number of hydrogen-bond donors (Lipinski definition) is 1. The Kier molecular flexibility index (Phi) is 3.90. The molecule has 1 saturated heterocycles. The van der Waals surface area contributed by atoms with Gasteiger partial charge in [-0.05, 0) is 46.4 Å². The molecule has 90 valence electrons. The summed E-state index contributed by atoms with van der Waals surface area (Å²) in [6.45, 7) is 2.12. The predicted octanol–water partition coefficient (Wildman–Crippen LogP) is 0.988. The van der Waals surface area contributed by atoms with Gasteiger partial charge in [0.1, 0.15) is 0 Å². The van der Waals surface area contributed by atoms with Gasteiger partial charge in [-0.2, -0.15) is 4.98 Å². The molecule has 1 aromatic heterocycles. The summed E-state index contributed by atoms with van der Waals surface area (Å²) in [6, 6.07) is 0.338. The van der Waals surface area contributed by atoms with E-state index in [0.29, 0.717) is 6.04 Å². The number of hydrogen-bond acceptors (Lipinski definition) is 5. The Bertz CT molecular complexity index is 326. The summed E-state index contributed by atoms with van der Waals surface area (Å²) in [7, 11) is 4.07. The second kappa shape index (κ2) is 5.41. The zero-order chi connectivity index (χ0) is 11.4. The van der Waals surface area contributed by atoms with E-state index in [1.807, 2.05) is 7.05 Å². The minimum absolute atomic E-state index is 0.338. The van der Waals surface area contributed by atoms with E-state index >= 15 is 0 Å². The first kappa shape index (κ1) is 11.5. The summed E-state index contributed by atoms with van der Waals surface area (Å²) in [4.78, 5) is 6.75. The molecule has 1 aliphatic heterocycles. The third kappa shape index (κ3) is 2.59. The first-order chi connectivity index (χ1) is 7.81. The Labute approximate surface area is 96.2 Å². The lowest BCUT2D eigenvalue weighted by molar-refractivity contribution is 0.244. The van der Waals surface area contributed by atoms with Gasteiger partial charge in [0.15, 0.2) is 5.82 Å². The molecule has 0 radical (unpaired) electrons. The summed E-state index contributed by atoms with van der Waals surface area (Å²) in [6.07, 6.45) is 4.30. The van der Waals surface area contributed by atoms with Crippen LogP contribution < -0.4 is 5.32 Å². The van der Waals surface area contributed by atoms with Crippen LogP contribution in [-0.2, 0) is 6.42 Å². The van der Waals surface area contributed by atoms with Crippen LogP contribution in [0.5, 0.6) is 0 Å². The Morgan fingerprint density at radius 1 is 1.56 bits per heavy atom. The molecule has 16 heavy (non-hydrogen) atoms. The molecule has 5 heteroatoms. The van der Waals surface area contributed by atoms with Crippen LogP contribution in [0.3, 0.4) is 0 Å². The fourth-order valence-corrected chi connectivity index (χ4v) is 2.15. The zero-order valence-corrected chi connectivity index (χ0v) is 10.1. The average molecular weight is 224 g/mol. The summed E-state index contributed by atoms with van der Waals surface area (Å²) in [5.41, 5.74) is 0. The fraction of sp³-hybridized carbons (Fsp3) is 0.818. The van der Waals surface area contributed by atoms with Gasteiger partial charge in [0.2, 0.25) is 5.89 Å². The number of nitrogens with one attached hydrogen (secondary N) is 1. The third-order valence-corrected chi connectivity index (χ3v) is 3.12. The molecule has 0 aliphatic carbocycles. The second-order valence-corrected chi connectivity index (χ2v) is 4.39. The predicted molar refractivity (Wildman–Crippen MR) is 61.2 cm³/mol. The molecule has 0 saturated carbocycles. The van der Waals surface area contributed by atoms with E-state index in [0.717, 1.165) is 44.1 Å². The number of likely N-dealkylation sites (tertiary alicyclic amines) is 1. The average Bonchev–Trinajstić information content (AvgIpc) is 2.87. The van der Waals surface area contributed by atoms with Gasteiger partial charge in [0.25, 0.3) is 0 Å². The molecule has 1 aromatic rings. The Morgan fingerprint density at radius 2 is 2.44 bits per heavy atom. The van der Waals surface area contributed by atoms with E-state index in [1.165, 1.54) is 6.42 Å². The SMILES string of the molecule is CNCCCc1noc(C2CCCN2C)n1. The monoisotopic (exact) mass is 224 g/mol. The van der Waals surface area contributed by atoms with Crippen molar-refractivity contribution >= 4 is 0 Å². The van der Waals surface area contributed by atoms with Gasteiger partial charge in [-0.25, -0.2) is 0 Å². The third-order valence-electron chi connectivity index (χ3n) is 3.12. The highest BCUT2D eigenvalue weighted by Gasteiger charge is 2.27. The van der Waals surface area contributed by atoms with Crippen molar-refractivity contribution in [3.05, 3.63) is 11.7 Å².